The van der Waals surface area contributed by atoms with Crippen LogP contribution in [0.4, 0.5) is 0 Å². The standard InChI is InChI=1S/C37H42N2/c1-5-17-31(3)37(36-26-15-12-18-30(36)2)39-28-16-25-34(32-19-8-6-9-20-32)23-13-14-24-35(27-29-38-4)33-21-10-7-11-22-33/h6-12,15-27,29,38H,5,13-14,28H2,1-4H3/b25-16-,29-27-,31-17-,34-23+,35-24+,39-37?. The van der Waals surface area contributed by atoms with Gasteiger partial charge in [0.15, 0.2) is 0 Å². The number of rotatable bonds is 13. The van der Waals surface area contributed by atoms with Crippen LogP contribution in [0, 0.1) is 6.92 Å². The van der Waals surface area contributed by atoms with Crippen molar-refractivity contribution in [3.8, 4) is 0 Å². The molecule has 0 bridgehead atoms. The zero-order valence-corrected chi connectivity index (χ0v) is 23.9. The second-order valence-corrected chi connectivity index (χ2v) is 9.45. The average Bonchev–Trinajstić information content (AvgIpc) is 2.97. The van der Waals surface area contributed by atoms with E-state index in [4.69, 9.17) is 4.99 Å². The number of nitrogens with one attached hydrogen (secondary N) is 1. The van der Waals surface area contributed by atoms with Crippen LogP contribution >= 0.6 is 0 Å². The minimum absolute atomic E-state index is 0.635. The van der Waals surface area contributed by atoms with Crippen LogP contribution in [-0.4, -0.2) is 19.3 Å². The highest BCUT2D eigenvalue weighted by Gasteiger charge is 2.08. The van der Waals surface area contributed by atoms with Crippen LogP contribution in [0.5, 0.6) is 0 Å². The van der Waals surface area contributed by atoms with Crippen molar-refractivity contribution in [3.63, 3.8) is 0 Å². The Morgan fingerprint density at radius 3 is 1.87 bits per heavy atom. The third kappa shape index (κ3) is 9.57. The van der Waals surface area contributed by atoms with E-state index in [1.54, 1.807) is 0 Å². The van der Waals surface area contributed by atoms with E-state index in [9.17, 15) is 0 Å². The highest BCUT2D eigenvalue weighted by Crippen LogP contribution is 2.20. The summed E-state index contributed by atoms with van der Waals surface area (Å²) in [5.74, 6) is 0. The van der Waals surface area contributed by atoms with E-state index >= 15 is 0 Å². The normalized spacial score (nSPS) is 13.4. The van der Waals surface area contributed by atoms with E-state index in [1.165, 1.54) is 39.0 Å². The molecule has 3 rings (SSSR count). The summed E-state index contributed by atoms with van der Waals surface area (Å²) >= 11 is 0. The van der Waals surface area contributed by atoms with Crippen LogP contribution in [0.1, 0.15) is 55.4 Å². The first-order chi connectivity index (χ1) is 19.1. The number of unbranched alkanes of at least 4 members (excludes halogenated alkanes) is 1. The fourth-order valence-corrected chi connectivity index (χ4v) is 4.46. The molecule has 39 heavy (non-hydrogen) atoms. The predicted molar refractivity (Wildman–Crippen MR) is 172 cm³/mol. The molecule has 0 radical (unpaired) electrons. The topological polar surface area (TPSA) is 24.4 Å². The number of benzene rings is 3. The molecule has 0 aliphatic heterocycles. The molecule has 0 saturated carbocycles. The van der Waals surface area contributed by atoms with Crippen molar-refractivity contribution in [2.75, 3.05) is 13.6 Å². The predicted octanol–water partition coefficient (Wildman–Crippen LogP) is 9.38. The van der Waals surface area contributed by atoms with E-state index in [-0.39, 0.29) is 0 Å². The van der Waals surface area contributed by atoms with Crippen molar-refractivity contribution in [3.05, 3.63) is 155 Å². The van der Waals surface area contributed by atoms with Gasteiger partial charge in [0.1, 0.15) is 0 Å². The lowest BCUT2D eigenvalue weighted by molar-refractivity contribution is 1.05. The molecule has 0 amide bonds. The van der Waals surface area contributed by atoms with E-state index in [1.807, 2.05) is 13.2 Å². The molecular formula is C37H42N2. The first kappa shape index (κ1) is 29.4. The van der Waals surface area contributed by atoms with E-state index in [2.05, 4.69) is 147 Å². The lowest BCUT2D eigenvalue weighted by atomic mass is 9.98. The minimum atomic E-state index is 0.635. The van der Waals surface area contributed by atoms with Gasteiger partial charge in [-0.25, -0.2) is 0 Å². The largest absolute Gasteiger partial charge is 0.394 e. The van der Waals surface area contributed by atoms with Crippen LogP contribution in [0.25, 0.3) is 11.1 Å². The van der Waals surface area contributed by atoms with E-state index in [0.717, 1.165) is 25.0 Å². The SMILES string of the molecule is CC/C=C(/C)C(=NC/C=C\C(=C/CC/C=C(\C=C/NC)c1ccccc1)c1ccccc1)c1ccccc1C. The Hall–Kier alpha value is -4.17. The van der Waals surface area contributed by atoms with Gasteiger partial charge in [-0.05, 0) is 78.8 Å². The molecule has 0 heterocycles. The van der Waals surface area contributed by atoms with Crippen LogP contribution < -0.4 is 5.32 Å². The van der Waals surface area contributed by atoms with Gasteiger partial charge in [0.25, 0.3) is 0 Å². The third-order valence-electron chi connectivity index (χ3n) is 6.48. The molecular weight excluding hydrogens is 472 g/mol. The van der Waals surface area contributed by atoms with Gasteiger partial charge in [-0.15, -0.1) is 0 Å². The van der Waals surface area contributed by atoms with Gasteiger partial charge in [-0.3, -0.25) is 4.99 Å². The Morgan fingerprint density at radius 1 is 0.744 bits per heavy atom. The quantitative estimate of drug-likeness (QED) is 0.137. The highest BCUT2D eigenvalue weighted by atomic mass is 14.8. The first-order valence-corrected chi connectivity index (χ1v) is 13.9. The highest BCUT2D eigenvalue weighted by molar-refractivity contribution is 6.13. The molecule has 2 heteroatoms. The molecule has 0 aliphatic carbocycles. The van der Waals surface area contributed by atoms with E-state index < -0.39 is 0 Å². The molecule has 3 aromatic rings. The maximum Gasteiger partial charge on any atom is 0.0679 e. The van der Waals surface area contributed by atoms with Gasteiger partial charge < -0.3 is 5.32 Å². The summed E-state index contributed by atoms with van der Waals surface area (Å²) in [4.78, 5) is 5.03. The maximum absolute atomic E-state index is 5.03. The summed E-state index contributed by atoms with van der Waals surface area (Å²) in [7, 11) is 1.93. The number of hydrogen-bond donors (Lipinski definition) is 1. The Morgan fingerprint density at radius 2 is 1.31 bits per heavy atom. The van der Waals surface area contributed by atoms with Gasteiger partial charge >= 0.3 is 0 Å². The lowest BCUT2D eigenvalue weighted by Crippen LogP contribution is -2.06. The van der Waals surface area contributed by atoms with Crippen LogP contribution in [-0.2, 0) is 0 Å². The summed E-state index contributed by atoms with van der Waals surface area (Å²) < 4.78 is 0. The smallest absolute Gasteiger partial charge is 0.0679 e. The summed E-state index contributed by atoms with van der Waals surface area (Å²) in [6.07, 6.45) is 18.3. The van der Waals surface area contributed by atoms with Crippen molar-refractivity contribution in [1.29, 1.82) is 0 Å². The second kappa shape index (κ2) is 16.6. The molecule has 0 aromatic heterocycles. The van der Waals surface area contributed by atoms with Crippen molar-refractivity contribution in [1.82, 2.24) is 5.32 Å². The lowest BCUT2D eigenvalue weighted by Gasteiger charge is -2.10. The molecule has 200 valence electrons. The van der Waals surface area contributed by atoms with Gasteiger partial charge in [-0.2, -0.15) is 0 Å². The van der Waals surface area contributed by atoms with Crippen LogP contribution in [0.15, 0.2) is 138 Å². The average molecular weight is 515 g/mol. The summed E-state index contributed by atoms with van der Waals surface area (Å²) in [6, 6.07) is 29.6. The van der Waals surface area contributed by atoms with Gasteiger partial charge in [-0.1, -0.05) is 122 Å². The van der Waals surface area contributed by atoms with Crippen molar-refractivity contribution >= 4 is 16.9 Å². The monoisotopic (exact) mass is 514 g/mol. The first-order valence-electron chi connectivity index (χ1n) is 13.9. The van der Waals surface area contributed by atoms with Gasteiger partial charge in [0.05, 0.1) is 12.3 Å². The molecule has 0 saturated heterocycles. The maximum atomic E-state index is 5.03. The molecule has 2 nitrogen and oxygen atoms in total. The molecule has 0 fully saturated rings. The Balaban J connectivity index is 1.80. The molecule has 3 aromatic carbocycles. The van der Waals surface area contributed by atoms with Gasteiger partial charge in [0, 0.05) is 12.6 Å². The molecule has 1 N–H and O–H groups in total. The number of aliphatic imine (C=N–C) groups is 1. The Bertz CT molecular complexity index is 1340. The number of allylic oxidation sites excluding steroid dienone is 8. The molecule has 0 spiro atoms. The summed E-state index contributed by atoms with van der Waals surface area (Å²) in [5.41, 5.74) is 9.67. The fourth-order valence-electron chi connectivity index (χ4n) is 4.46. The van der Waals surface area contributed by atoms with Crippen LogP contribution in [0.3, 0.4) is 0 Å². The van der Waals surface area contributed by atoms with E-state index in [0.29, 0.717) is 6.54 Å². The number of aryl methyl sites for hydroxylation is 1. The second-order valence-electron chi connectivity index (χ2n) is 9.45. The van der Waals surface area contributed by atoms with Crippen molar-refractivity contribution < 1.29 is 0 Å². The third-order valence-corrected chi connectivity index (χ3v) is 6.48. The zero-order valence-electron chi connectivity index (χ0n) is 23.9. The Labute approximate surface area is 235 Å². The summed E-state index contributed by atoms with van der Waals surface area (Å²) in [6.45, 7) is 7.12. The molecule has 0 aliphatic rings. The van der Waals surface area contributed by atoms with Crippen molar-refractivity contribution in [2.24, 2.45) is 4.99 Å². The van der Waals surface area contributed by atoms with Crippen LogP contribution in [0.2, 0.25) is 0 Å². The summed E-state index contributed by atoms with van der Waals surface area (Å²) in [5, 5.41) is 3.11. The fraction of sp³-hybridized carbons (Fsp3) is 0.216. The molecule has 0 atom stereocenters. The minimum Gasteiger partial charge on any atom is -0.394 e. The zero-order chi connectivity index (χ0) is 27.7. The Kier molecular flexibility index (Phi) is 12.5. The molecule has 0 unspecified atom stereocenters. The van der Waals surface area contributed by atoms with Crippen molar-refractivity contribution in [2.45, 2.75) is 40.0 Å². The number of nitrogens with zero attached hydrogens (tertiary/aromatic N) is 1. The van der Waals surface area contributed by atoms with Gasteiger partial charge in [0.2, 0.25) is 0 Å². The number of hydrogen-bond acceptors (Lipinski definition) is 2.